The Bertz CT molecular complexity index is 428. The minimum atomic E-state index is -0.273. The lowest BCUT2D eigenvalue weighted by Gasteiger charge is -2.30. The van der Waals surface area contributed by atoms with E-state index in [0.717, 1.165) is 12.8 Å². The molecular formula is C15H23FN2O. The molecule has 0 aliphatic heterocycles. The second-order valence-corrected chi connectivity index (χ2v) is 5.30. The van der Waals surface area contributed by atoms with Crippen molar-refractivity contribution in [1.82, 2.24) is 0 Å². The summed E-state index contributed by atoms with van der Waals surface area (Å²) in [5, 5.41) is 0. The van der Waals surface area contributed by atoms with E-state index in [2.05, 4.69) is 0 Å². The number of nitrogen functional groups attached to an aromatic ring is 1. The Hall–Kier alpha value is -1.45. The first kappa shape index (κ1) is 14.0. The van der Waals surface area contributed by atoms with E-state index in [-0.39, 0.29) is 5.82 Å². The molecule has 2 N–H and O–H groups in total. The minimum Gasteiger partial charge on any atom is -0.495 e. The molecule has 1 aliphatic carbocycles. The van der Waals surface area contributed by atoms with E-state index < -0.39 is 0 Å². The van der Waals surface area contributed by atoms with E-state index >= 15 is 0 Å². The molecule has 1 saturated carbocycles. The van der Waals surface area contributed by atoms with Crippen LogP contribution in [-0.4, -0.2) is 20.2 Å². The van der Waals surface area contributed by atoms with Gasteiger partial charge in [-0.25, -0.2) is 4.39 Å². The number of anilines is 2. The first-order valence-electron chi connectivity index (χ1n) is 6.99. The number of hydrogen-bond donors (Lipinski definition) is 1. The van der Waals surface area contributed by atoms with Crippen molar-refractivity contribution in [2.24, 2.45) is 0 Å². The fraction of sp³-hybridized carbons (Fsp3) is 0.600. The van der Waals surface area contributed by atoms with Crippen LogP contribution in [0.2, 0.25) is 0 Å². The maximum atomic E-state index is 14.1. The van der Waals surface area contributed by atoms with Gasteiger partial charge in [0.1, 0.15) is 11.6 Å². The maximum absolute atomic E-state index is 14.1. The van der Waals surface area contributed by atoms with Gasteiger partial charge in [0.2, 0.25) is 0 Å². The molecule has 1 fully saturated rings. The highest BCUT2D eigenvalue weighted by Gasteiger charge is 2.20. The highest BCUT2D eigenvalue weighted by atomic mass is 19.1. The van der Waals surface area contributed by atoms with Crippen molar-refractivity contribution in [3.63, 3.8) is 0 Å². The molecular weight excluding hydrogens is 243 g/mol. The van der Waals surface area contributed by atoms with Gasteiger partial charge in [0, 0.05) is 25.2 Å². The van der Waals surface area contributed by atoms with Gasteiger partial charge < -0.3 is 15.4 Å². The Morgan fingerprint density at radius 1 is 1.21 bits per heavy atom. The molecule has 1 aliphatic rings. The molecule has 0 spiro atoms. The third-order valence-electron chi connectivity index (χ3n) is 4.05. The van der Waals surface area contributed by atoms with Gasteiger partial charge in [0.25, 0.3) is 0 Å². The van der Waals surface area contributed by atoms with Gasteiger partial charge in [-0.05, 0) is 12.8 Å². The SMILES string of the molecule is COc1cc(N(C)C2CCCCCC2)c(F)cc1N. The largest absolute Gasteiger partial charge is 0.495 e. The standard InChI is InChI=1S/C15H23FN2O/c1-18(11-7-5-3-4-6-8-11)14-10-15(19-2)13(17)9-12(14)16/h9-11H,3-8,17H2,1-2H3. The zero-order chi connectivity index (χ0) is 13.8. The summed E-state index contributed by atoms with van der Waals surface area (Å²) >= 11 is 0. The van der Waals surface area contributed by atoms with Gasteiger partial charge in [-0.15, -0.1) is 0 Å². The monoisotopic (exact) mass is 266 g/mol. The van der Waals surface area contributed by atoms with E-state index in [4.69, 9.17) is 10.5 Å². The van der Waals surface area contributed by atoms with Crippen molar-refractivity contribution in [3.05, 3.63) is 17.9 Å². The Labute approximate surface area is 114 Å². The van der Waals surface area contributed by atoms with E-state index in [0.29, 0.717) is 23.2 Å². The summed E-state index contributed by atoms with van der Waals surface area (Å²) in [5.74, 6) is 0.266. The number of rotatable bonds is 3. The Morgan fingerprint density at radius 3 is 2.42 bits per heavy atom. The number of methoxy groups -OCH3 is 1. The highest BCUT2D eigenvalue weighted by Crippen LogP contribution is 2.33. The molecule has 4 heteroatoms. The topological polar surface area (TPSA) is 38.5 Å². The van der Waals surface area contributed by atoms with Crippen LogP contribution in [0.25, 0.3) is 0 Å². The van der Waals surface area contributed by atoms with Gasteiger partial charge >= 0.3 is 0 Å². The predicted molar refractivity (Wildman–Crippen MR) is 77.3 cm³/mol. The van der Waals surface area contributed by atoms with Crippen molar-refractivity contribution in [2.75, 3.05) is 24.8 Å². The lowest BCUT2D eigenvalue weighted by atomic mass is 10.1. The van der Waals surface area contributed by atoms with Crippen molar-refractivity contribution in [2.45, 2.75) is 44.6 Å². The summed E-state index contributed by atoms with van der Waals surface area (Å²) in [6, 6.07) is 3.46. The average Bonchev–Trinajstić information content (AvgIpc) is 2.67. The summed E-state index contributed by atoms with van der Waals surface area (Å²) < 4.78 is 19.3. The molecule has 0 amide bonds. The van der Waals surface area contributed by atoms with Crippen molar-refractivity contribution in [3.8, 4) is 5.75 Å². The van der Waals surface area contributed by atoms with Crippen LogP contribution in [0.15, 0.2) is 12.1 Å². The molecule has 1 aromatic carbocycles. The van der Waals surface area contributed by atoms with Crippen LogP contribution < -0.4 is 15.4 Å². The van der Waals surface area contributed by atoms with Gasteiger partial charge in [-0.1, -0.05) is 25.7 Å². The smallest absolute Gasteiger partial charge is 0.148 e. The first-order valence-corrected chi connectivity index (χ1v) is 6.99. The van der Waals surface area contributed by atoms with Crippen LogP contribution in [0.4, 0.5) is 15.8 Å². The number of halogens is 1. The van der Waals surface area contributed by atoms with Crippen LogP contribution in [0.1, 0.15) is 38.5 Å². The summed E-state index contributed by atoms with van der Waals surface area (Å²) in [6.45, 7) is 0. The third-order valence-corrected chi connectivity index (χ3v) is 4.05. The third kappa shape index (κ3) is 3.11. The Kier molecular flexibility index (Phi) is 4.51. The van der Waals surface area contributed by atoms with Crippen LogP contribution in [0.3, 0.4) is 0 Å². The minimum absolute atomic E-state index is 0.273. The summed E-state index contributed by atoms with van der Waals surface area (Å²) in [4.78, 5) is 2.04. The molecule has 1 aromatic rings. The maximum Gasteiger partial charge on any atom is 0.148 e. The van der Waals surface area contributed by atoms with Crippen LogP contribution >= 0.6 is 0 Å². The fourth-order valence-corrected chi connectivity index (χ4v) is 2.85. The van der Waals surface area contributed by atoms with E-state index in [1.165, 1.54) is 31.7 Å². The molecule has 0 heterocycles. The predicted octanol–water partition coefficient (Wildman–Crippen LogP) is 3.58. The highest BCUT2D eigenvalue weighted by molar-refractivity contribution is 5.63. The molecule has 0 atom stereocenters. The van der Waals surface area contributed by atoms with Gasteiger partial charge in [-0.3, -0.25) is 0 Å². The zero-order valence-corrected chi connectivity index (χ0v) is 11.8. The second kappa shape index (κ2) is 6.13. The number of ether oxygens (including phenoxy) is 1. The van der Waals surface area contributed by atoms with E-state index in [9.17, 15) is 4.39 Å². The van der Waals surface area contributed by atoms with Crippen molar-refractivity contribution in [1.29, 1.82) is 0 Å². The van der Waals surface area contributed by atoms with Gasteiger partial charge in [0.05, 0.1) is 18.5 Å². The molecule has 106 valence electrons. The molecule has 0 aromatic heterocycles. The zero-order valence-electron chi connectivity index (χ0n) is 11.8. The van der Waals surface area contributed by atoms with Gasteiger partial charge in [-0.2, -0.15) is 0 Å². The van der Waals surface area contributed by atoms with Crippen LogP contribution in [0.5, 0.6) is 5.75 Å². The summed E-state index contributed by atoms with van der Waals surface area (Å²) in [5.41, 5.74) is 6.65. The van der Waals surface area contributed by atoms with E-state index in [1.54, 1.807) is 13.2 Å². The molecule has 0 bridgehead atoms. The molecule has 0 radical (unpaired) electrons. The molecule has 0 saturated heterocycles. The Morgan fingerprint density at radius 2 is 1.84 bits per heavy atom. The average molecular weight is 266 g/mol. The number of benzene rings is 1. The molecule has 0 unspecified atom stereocenters. The molecule has 3 nitrogen and oxygen atoms in total. The molecule has 19 heavy (non-hydrogen) atoms. The summed E-state index contributed by atoms with van der Waals surface area (Å²) in [6.07, 6.45) is 7.28. The lowest BCUT2D eigenvalue weighted by Crippen LogP contribution is -2.31. The van der Waals surface area contributed by atoms with E-state index in [1.807, 2.05) is 11.9 Å². The summed E-state index contributed by atoms with van der Waals surface area (Å²) in [7, 11) is 3.52. The lowest BCUT2D eigenvalue weighted by molar-refractivity contribution is 0.415. The van der Waals surface area contributed by atoms with Crippen LogP contribution in [-0.2, 0) is 0 Å². The van der Waals surface area contributed by atoms with Crippen molar-refractivity contribution < 1.29 is 9.13 Å². The fourth-order valence-electron chi connectivity index (χ4n) is 2.85. The quantitative estimate of drug-likeness (QED) is 0.671. The number of hydrogen-bond acceptors (Lipinski definition) is 3. The first-order chi connectivity index (χ1) is 9.13. The molecule has 2 rings (SSSR count). The number of nitrogens with zero attached hydrogens (tertiary/aromatic N) is 1. The van der Waals surface area contributed by atoms with Crippen molar-refractivity contribution >= 4 is 11.4 Å². The Balaban J connectivity index is 2.24. The van der Waals surface area contributed by atoms with Gasteiger partial charge in [0.15, 0.2) is 0 Å². The second-order valence-electron chi connectivity index (χ2n) is 5.30. The van der Waals surface area contributed by atoms with Crippen LogP contribution in [0, 0.1) is 5.82 Å². The normalized spacial score (nSPS) is 17.0. The number of nitrogens with two attached hydrogens (primary N) is 1.